The van der Waals surface area contributed by atoms with Gasteiger partial charge in [-0.15, -0.1) is 0 Å². The van der Waals surface area contributed by atoms with Crippen LogP contribution in [0.4, 0.5) is 0 Å². The number of ether oxygens (including phenoxy) is 1. The summed E-state index contributed by atoms with van der Waals surface area (Å²) in [5.74, 6) is -0.661. The summed E-state index contributed by atoms with van der Waals surface area (Å²) in [5.41, 5.74) is 5.25. The molecule has 0 aliphatic heterocycles. The number of hydrogen-bond acceptors (Lipinski definition) is 7. The predicted octanol–water partition coefficient (Wildman–Crippen LogP) is 2.68. The molecule has 9 nitrogen and oxygen atoms in total. The maximum Gasteiger partial charge on any atom is 0.328 e. The minimum Gasteiger partial charge on any atom is -0.494 e. The third-order valence-electron chi connectivity index (χ3n) is 4.17. The lowest BCUT2D eigenvalue weighted by Gasteiger charge is -2.20. The number of carboxylic acid groups (broad SMARTS) is 2. The van der Waals surface area contributed by atoms with Crippen LogP contribution in [0.5, 0.6) is 5.75 Å². The first-order valence-corrected chi connectivity index (χ1v) is 9.96. The molecule has 0 unspecified atom stereocenters. The van der Waals surface area contributed by atoms with Gasteiger partial charge < -0.3 is 30.2 Å². The average molecular weight is 447 g/mol. The molecule has 1 heterocycles. The number of benzene rings is 1. The largest absolute Gasteiger partial charge is 0.494 e. The van der Waals surface area contributed by atoms with E-state index >= 15 is 0 Å². The van der Waals surface area contributed by atoms with Crippen LogP contribution in [0, 0.1) is 0 Å². The number of aliphatic carboxylic acids is 2. The Morgan fingerprint density at radius 1 is 1.06 bits per heavy atom. The van der Waals surface area contributed by atoms with Crippen molar-refractivity contribution >= 4 is 17.7 Å². The molecule has 0 amide bonds. The summed E-state index contributed by atoms with van der Waals surface area (Å²) in [6, 6.07) is 13.0. The number of para-hydroxylation sites is 1. The number of carbonyl (C=O) groups is 3. The van der Waals surface area contributed by atoms with Crippen molar-refractivity contribution in [2.45, 2.75) is 38.1 Å². The van der Waals surface area contributed by atoms with E-state index in [2.05, 4.69) is 0 Å². The molecule has 5 N–H and O–H groups in total. The van der Waals surface area contributed by atoms with Gasteiger partial charge >= 0.3 is 11.9 Å². The SMILES string of the molecule is C[C@](N)(CO)CCc1ccc(C(=O)CCCOc2ccccc2)o1.O=C(O)C=CC(=O)O. The van der Waals surface area contributed by atoms with Crippen LogP contribution in [0.25, 0.3) is 0 Å². The van der Waals surface area contributed by atoms with Gasteiger partial charge in [-0.25, -0.2) is 9.59 Å². The number of Topliss-reactive ketones (excluding diaryl/α,β-unsaturated/α-hetero) is 1. The third kappa shape index (κ3) is 11.7. The summed E-state index contributed by atoms with van der Waals surface area (Å²) in [4.78, 5) is 31.2. The topological polar surface area (TPSA) is 160 Å². The van der Waals surface area contributed by atoms with Gasteiger partial charge in [0, 0.05) is 30.5 Å². The number of aliphatic hydroxyl groups excluding tert-OH is 1. The van der Waals surface area contributed by atoms with Gasteiger partial charge in [0.1, 0.15) is 11.5 Å². The molecular formula is C23H29NO8. The van der Waals surface area contributed by atoms with Crippen LogP contribution in [0.15, 0.2) is 59.0 Å². The van der Waals surface area contributed by atoms with E-state index < -0.39 is 17.5 Å². The standard InChI is InChI=1S/C19H25NO4.C4H4O4/c1-19(20,14-21)12-11-16-9-10-18(24-16)17(22)8-5-13-23-15-6-3-2-4-7-15;5-3(6)1-2-4(7)8/h2-4,6-7,9-10,21H,5,8,11-14,20H2,1H3;1-2H,(H,5,6)(H,7,8)/t19-;/m1./s1. The first kappa shape index (κ1) is 26.6. The Bertz CT molecular complexity index is 870. The van der Waals surface area contributed by atoms with Gasteiger partial charge in [-0.05, 0) is 44.0 Å². The van der Waals surface area contributed by atoms with Crippen molar-refractivity contribution in [1.82, 2.24) is 0 Å². The van der Waals surface area contributed by atoms with E-state index in [1.54, 1.807) is 19.1 Å². The highest BCUT2D eigenvalue weighted by Gasteiger charge is 2.18. The van der Waals surface area contributed by atoms with E-state index in [9.17, 15) is 14.4 Å². The van der Waals surface area contributed by atoms with Gasteiger partial charge in [0.05, 0.1) is 13.2 Å². The molecule has 0 saturated carbocycles. The van der Waals surface area contributed by atoms with Crippen molar-refractivity contribution in [3.05, 3.63) is 66.1 Å². The molecule has 1 aromatic carbocycles. The van der Waals surface area contributed by atoms with E-state index in [1.807, 2.05) is 30.3 Å². The lowest BCUT2D eigenvalue weighted by atomic mass is 9.98. The number of furan rings is 1. The monoisotopic (exact) mass is 447 g/mol. The maximum absolute atomic E-state index is 12.1. The summed E-state index contributed by atoms with van der Waals surface area (Å²) in [7, 11) is 0. The summed E-state index contributed by atoms with van der Waals surface area (Å²) < 4.78 is 11.1. The van der Waals surface area contributed by atoms with Crippen LogP contribution in [-0.4, -0.2) is 51.8 Å². The van der Waals surface area contributed by atoms with Crippen LogP contribution in [0.3, 0.4) is 0 Å². The molecule has 0 bridgehead atoms. The lowest BCUT2D eigenvalue weighted by Crippen LogP contribution is -2.40. The minimum absolute atomic E-state index is 0.0319. The smallest absolute Gasteiger partial charge is 0.328 e. The van der Waals surface area contributed by atoms with Crippen LogP contribution in [-0.2, 0) is 16.0 Å². The number of aliphatic hydroxyl groups is 1. The second-order valence-electron chi connectivity index (χ2n) is 7.28. The Morgan fingerprint density at radius 2 is 1.69 bits per heavy atom. The van der Waals surface area contributed by atoms with Crippen molar-refractivity contribution in [3.63, 3.8) is 0 Å². The van der Waals surface area contributed by atoms with Crippen molar-refractivity contribution < 1.29 is 38.9 Å². The summed E-state index contributed by atoms with van der Waals surface area (Å²) >= 11 is 0. The van der Waals surface area contributed by atoms with Crippen molar-refractivity contribution in [3.8, 4) is 5.75 Å². The normalized spacial score (nSPS) is 12.5. The number of rotatable bonds is 12. The van der Waals surface area contributed by atoms with Gasteiger partial charge in [0.15, 0.2) is 11.5 Å². The third-order valence-corrected chi connectivity index (χ3v) is 4.17. The number of carboxylic acids is 2. The Balaban J connectivity index is 0.000000547. The van der Waals surface area contributed by atoms with E-state index in [4.69, 9.17) is 30.2 Å². The molecule has 0 spiro atoms. The zero-order chi connectivity index (χ0) is 24.0. The van der Waals surface area contributed by atoms with Gasteiger partial charge in [0.25, 0.3) is 0 Å². The highest BCUT2D eigenvalue weighted by atomic mass is 16.5. The van der Waals surface area contributed by atoms with Crippen LogP contribution in [0.1, 0.15) is 42.5 Å². The average Bonchev–Trinajstić information content (AvgIpc) is 3.24. The summed E-state index contributed by atoms with van der Waals surface area (Å²) in [6.07, 6.45) is 3.32. The molecule has 2 aromatic rings. The molecule has 0 aliphatic carbocycles. The second kappa shape index (κ2) is 13.8. The Labute approximate surface area is 186 Å². The number of nitrogens with two attached hydrogens (primary N) is 1. The Hall–Kier alpha value is -3.43. The molecule has 0 saturated heterocycles. The molecule has 9 heteroatoms. The molecule has 1 aromatic heterocycles. The van der Waals surface area contributed by atoms with Crippen molar-refractivity contribution in [2.24, 2.45) is 5.73 Å². The number of carbonyl (C=O) groups excluding carboxylic acids is 1. The van der Waals surface area contributed by atoms with E-state index in [0.29, 0.717) is 56.0 Å². The molecule has 0 aliphatic rings. The van der Waals surface area contributed by atoms with Gasteiger partial charge in [-0.1, -0.05) is 18.2 Å². The predicted molar refractivity (Wildman–Crippen MR) is 117 cm³/mol. The zero-order valence-electron chi connectivity index (χ0n) is 17.9. The fraction of sp³-hybridized carbons (Fsp3) is 0.348. The first-order chi connectivity index (χ1) is 15.1. The molecular weight excluding hydrogens is 418 g/mol. The second-order valence-corrected chi connectivity index (χ2v) is 7.28. The van der Waals surface area contributed by atoms with Gasteiger partial charge in [0.2, 0.25) is 0 Å². The number of ketones is 1. The summed E-state index contributed by atoms with van der Waals surface area (Å²) in [6.45, 7) is 2.20. The van der Waals surface area contributed by atoms with Crippen LogP contribution in [0.2, 0.25) is 0 Å². The lowest BCUT2D eigenvalue weighted by molar-refractivity contribution is -0.134. The van der Waals surface area contributed by atoms with E-state index in [-0.39, 0.29) is 12.4 Å². The molecule has 0 fully saturated rings. The number of aryl methyl sites for hydroxylation is 1. The van der Waals surface area contributed by atoms with Crippen molar-refractivity contribution in [2.75, 3.05) is 13.2 Å². The highest BCUT2D eigenvalue weighted by Crippen LogP contribution is 2.16. The van der Waals surface area contributed by atoms with Crippen molar-refractivity contribution in [1.29, 1.82) is 0 Å². The molecule has 2 rings (SSSR count). The molecule has 174 valence electrons. The quantitative estimate of drug-likeness (QED) is 0.218. The van der Waals surface area contributed by atoms with Crippen LogP contribution >= 0.6 is 0 Å². The number of hydrogen-bond donors (Lipinski definition) is 4. The highest BCUT2D eigenvalue weighted by molar-refractivity contribution is 5.93. The van der Waals surface area contributed by atoms with E-state index in [1.165, 1.54) is 0 Å². The molecule has 1 atom stereocenters. The zero-order valence-corrected chi connectivity index (χ0v) is 17.9. The van der Waals surface area contributed by atoms with Crippen LogP contribution < -0.4 is 10.5 Å². The maximum atomic E-state index is 12.1. The fourth-order valence-corrected chi connectivity index (χ4v) is 2.36. The minimum atomic E-state index is -1.26. The summed E-state index contributed by atoms with van der Waals surface area (Å²) in [5, 5.41) is 24.8. The van der Waals surface area contributed by atoms with E-state index in [0.717, 1.165) is 5.75 Å². The Morgan fingerprint density at radius 3 is 2.25 bits per heavy atom. The fourth-order valence-electron chi connectivity index (χ4n) is 2.36. The molecule has 32 heavy (non-hydrogen) atoms. The molecule has 0 radical (unpaired) electrons. The Kier molecular flexibility index (Phi) is 11.5. The first-order valence-electron chi connectivity index (χ1n) is 9.96. The van der Waals surface area contributed by atoms with Gasteiger partial charge in [-0.2, -0.15) is 0 Å². The van der Waals surface area contributed by atoms with Gasteiger partial charge in [-0.3, -0.25) is 4.79 Å².